The predicted molar refractivity (Wildman–Crippen MR) is 237 cm³/mol. The number of fused-ring (bicyclic) bond motifs is 16. The number of para-hydroxylation sites is 3. The zero-order valence-corrected chi connectivity index (χ0v) is 35.1. The van der Waals surface area contributed by atoms with Crippen LogP contribution in [0, 0.1) is 43.2 Å². The summed E-state index contributed by atoms with van der Waals surface area (Å²) in [6.07, 6.45) is 0. The van der Waals surface area contributed by atoms with Crippen molar-refractivity contribution in [3.8, 4) is 33.4 Å². The van der Waals surface area contributed by atoms with Crippen LogP contribution in [0.4, 0.5) is 0 Å². The van der Waals surface area contributed by atoms with Gasteiger partial charge in [-0.3, -0.25) is 0 Å². The molecule has 0 N–H and O–H groups in total. The molecule has 4 heteroatoms. The minimum absolute atomic E-state index is 0. The molecule has 5 heterocycles. The zero-order chi connectivity index (χ0) is 36.9. The van der Waals surface area contributed by atoms with Gasteiger partial charge in [-0.2, -0.15) is 36.4 Å². The first-order valence-electron chi connectivity index (χ1n) is 19.5. The Morgan fingerprint density at radius 2 is 0.897 bits per heavy atom. The van der Waals surface area contributed by atoms with E-state index in [1.165, 1.54) is 92.9 Å². The molecule has 0 aliphatic rings. The third kappa shape index (κ3) is 3.95. The Bertz CT molecular complexity index is 3950. The van der Waals surface area contributed by atoms with Gasteiger partial charge in [-0.1, -0.05) is 126 Å². The summed E-state index contributed by atoms with van der Waals surface area (Å²) in [4.78, 5) is 0. The Morgan fingerprint density at radius 3 is 1.55 bits per heavy atom. The standard InChI is InChI=1S/C54H28N2O.U/c1-4-15-31(16-5-1)34-22-12-23-35-36-24-13-26-40-47-45(33-19-8-3-9-20-33)54-48(44(32-17-6-2-7-18-32)53(47)55(49(34)35)50(36)40)41-27-14-25-37-38-29-30-43-46(52(38)56(54)51(37)41)39-21-10-11-28-42(39)57-43;/h1-15,17-21,23-30H;/q-2;+2. The van der Waals surface area contributed by atoms with Crippen LogP contribution in [0.15, 0.2) is 174 Å². The van der Waals surface area contributed by atoms with Gasteiger partial charge < -0.3 is 13.2 Å². The third-order valence-electron chi connectivity index (χ3n) is 12.6. The van der Waals surface area contributed by atoms with E-state index in [-0.39, 0.29) is 31.1 Å². The number of furan rings is 1. The Kier molecular flexibility index (Phi) is 6.58. The average Bonchev–Trinajstić information content (AvgIpc) is 4.08. The first kappa shape index (κ1) is 32.5. The van der Waals surface area contributed by atoms with Crippen LogP contribution in [0.2, 0.25) is 0 Å². The van der Waals surface area contributed by atoms with Crippen molar-refractivity contribution in [1.29, 1.82) is 0 Å². The predicted octanol–water partition coefficient (Wildman–Crippen LogP) is 14.5. The first-order chi connectivity index (χ1) is 28.3. The normalized spacial score (nSPS) is 12.3. The van der Waals surface area contributed by atoms with Gasteiger partial charge >= 0.3 is 31.1 Å². The number of hydrogen-bond acceptors (Lipinski definition) is 1. The Hall–Kier alpha value is -6.57. The Morgan fingerprint density at radius 1 is 0.345 bits per heavy atom. The van der Waals surface area contributed by atoms with E-state index in [1.807, 2.05) is 12.1 Å². The van der Waals surface area contributed by atoms with E-state index in [9.17, 15) is 0 Å². The maximum Gasteiger partial charge on any atom is 2.00 e. The van der Waals surface area contributed by atoms with E-state index >= 15 is 0 Å². The summed E-state index contributed by atoms with van der Waals surface area (Å²) in [5.74, 6) is 0. The zero-order valence-electron chi connectivity index (χ0n) is 31.0. The molecule has 0 atom stereocenters. The molecule has 5 aromatic heterocycles. The minimum atomic E-state index is 0. The largest absolute Gasteiger partial charge is 2.00 e. The van der Waals surface area contributed by atoms with E-state index in [0.29, 0.717) is 0 Å². The average molecular weight is 959 g/mol. The molecule has 0 aliphatic carbocycles. The SMILES string of the molecule is [U+2].[c-]1ccccc1-c1[c-]ccc2c3cccc4c5c(-c6ccccc6)c6c(c(-c7ccccc7)c5n(c12)c34)c1cccc2c3ccc4oc5ccccc5c4c3n6c21. The van der Waals surface area contributed by atoms with Crippen molar-refractivity contribution in [1.82, 2.24) is 8.80 Å². The van der Waals surface area contributed by atoms with Crippen molar-refractivity contribution in [3.05, 3.63) is 182 Å². The van der Waals surface area contributed by atoms with Gasteiger partial charge in [0.1, 0.15) is 11.2 Å². The maximum atomic E-state index is 6.58. The molecule has 9 aromatic carbocycles. The molecule has 0 saturated heterocycles. The van der Waals surface area contributed by atoms with Crippen molar-refractivity contribution in [2.24, 2.45) is 0 Å². The van der Waals surface area contributed by atoms with Crippen LogP contribution < -0.4 is 0 Å². The van der Waals surface area contributed by atoms with Crippen molar-refractivity contribution in [2.75, 3.05) is 0 Å². The molecule has 0 amide bonds. The van der Waals surface area contributed by atoms with Gasteiger partial charge in [0.15, 0.2) is 0 Å². The van der Waals surface area contributed by atoms with Crippen LogP contribution >= 0.6 is 0 Å². The number of aromatic nitrogens is 2. The van der Waals surface area contributed by atoms with Gasteiger partial charge in [-0.25, -0.2) is 11.1 Å². The van der Waals surface area contributed by atoms with Crippen molar-refractivity contribution >= 4 is 98.1 Å². The van der Waals surface area contributed by atoms with Crippen molar-refractivity contribution in [2.45, 2.75) is 0 Å². The molecule has 14 aromatic rings. The second-order valence-electron chi connectivity index (χ2n) is 15.3. The fourth-order valence-electron chi connectivity index (χ4n) is 10.5. The van der Waals surface area contributed by atoms with E-state index in [0.717, 1.165) is 38.6 Å². The topological polar surface area (TPSA) is 22.0 Å². The molecule has 0 fully saturated rings. The van der Waals surface area contributed by atoms with Gasteiger partial charge in [-0.05, 0) is 34.7 Å². The summed E-state index contributed by atoms with van der Waals surface area (Å²) < 4.78 is 11.7. The first-order valence-corrected chi connectivity index (χ1v) is 19.5. The second kappa shape index (κ2) is 11.7. The number of benzene rings is 9. The monoisotopic (exact) mass is 958 g/mol. The molecule has 3 nitrogen and oxygen atoms in total. The van der Waals surface area contributed by atoms with Crippen LogP contribution in [0.5, 0.6) is 0 Å². The Balaban J connectivity index is 0.00000350. The van der Waals surface area contributed by atoms with E-state index in [2.05, 4.69) is 179 Å². The molecule has 0 spiro atoms. The maximum absolute atomic E-state index is 6.58. The molecule has 0 aliphatic heterocycles. The van der Waals surface area contributed by atoms with E-state index < -0.39 is 0 Å². The van der Waals surface area contributed by atoms with Crippen LogP contribution in [0.25, 0.3) is 132 Å². The summed E-state index contributed by atoms with van der Waals surface area (Å²) in [6, 6.07) is 68.6. The van der Waals surface area contributed by atoms with Crippen molar-refractivity contribution < 1.29 is 35.5 Å². The fraction of sp³-hybridized carbons (Fsp3) is 0. The van der Waals surface area contributed by atoms with E-state index in [4.69, 9.17) is 4.42 Å². The molecule has 0 radical (unpaired) electrons. The minimum Gasteiger partial charge on any atom is -0.456 e. The van der Waals surface area contributed by atoms with Gasteiger partial charge in [0.2, 0.25) is 0 Å². The number of hydrogen-bond donors (Lipinski definition) is 0. The van der Waals surface area contributed by atoms with Crippen LogP contribution in [0.1, 0.15) is 0 Å². The Labute approximate surface area is 355 Å². The molecule has 58 heavy (non-hydrogen) atoms. The van der Waals surface area contributed by atoms with Crippen molar-refractivity contribution in [3.63, 3.8) is 0 Å². The van der Waals surface area contributed by atoms with Crippen LogP contribution in [0.3, 0.4) is 0 Å². The second-order valence-corrected chi connectivity index (χ2v) is 15.3. The van der Waals surface area contributed by atoms with Gasteiger partial charge in [0.25, 0.3) is 0 Å². The summed E-state index contributed by atoms with van der Waals surface area (Å²) in [6.45, 7) is 0. The van der Waals surface area contributed by atoms with E-state index in [1.54, 1.807) is 0 Å². The van der Waals surface area contributed by atoms with Gasteiger partial charge in [0.05, 0.1) is 33.0 Å². The van der Waals surface area contributed by atoms with Gasteiger partial charge in [-0.15, -0.1) is 12.1 Å². The molecular weight excluding hydrogens is 931 g/mol. The fourth-order valence-corrected chi connectivity index (χ4v) is 10.5. The summed E-state index contributed by atoms with van der Waals surface area (Å²) in [5, 5.41) is 12.2. The molecule has 264 valence electrons. The molecule has 14 rings (SSSR count). The number of rotatable bonds is 3. The quantitative estimate of drug-likeness (QED) is 0.162. The summed E-state index contributed by atoms with van der Waals surface area (Å²) in [5.41, 5.74) is 16.0. The molecule has 0 unspecified atom stereocenters. The molecule has 0 bridgehead atoms. The smallest absolute Gasteiger partial charge is 0.456 e. The third-order valence-corrected chi connectivity index (χ3v) is 12.6. The molecule has 0 saturated carbocycles. The summed E-state index contributed by atoms with van der Waals surface area (Å²) in [7, 11) is 0. The number of nitrogens with zero attached hydrogens (tertiary/aromatic N) is 2. The van der Waals surface area contributed by atoms with Crippen LogP contribution in [-0.2, 0) is 0 Å². The summed E-state index contributed by atoms with van der Waals surface area (Å²) >= 11 is 0. The van der Waals surface area contributed by atoms with Gasteiger partial charge in [0, 0.05) is 48.8 Å². The molecular formula is C54H28N2OU. The van der Waals surface area contributed by atoms with Crippen LogP contribution in [-0.4, -0.2) is 8.80 Å².